The maximum atomic E-state index is 3.51. The highest BCUT2D eigenvalue weighted by atomic mass is 14.9. The lowest BCUT2D eigenvalue weighted by molar-refractivity contribution is 0.568. The molecular formula is C12H17N. The summed E-state index contributed by atoms with van der Waals surface area (Å²) in [6, 6.07) is 7.46. The van der Waals surface area contributed by atoms with Crippen molar-refractivity contribution in [1.29, 1.82) is 0 Å². The van der Waals surface area contributed by atoms with Gasteiger partial charge in [0.1, 0.15) is 0 Å². The van der Waals surface area contributed by atoms with Gasteiger partial charge < -0.3 is 5.32 Å². The third kappa shape index (κ3) is 1.92. The molecule has 1 N–H and O–H groups in total. The van der Waals surface area contributed by atoms with Crippen LogP contribution < -0.4 is 5.32 Å². The van der Waals surface area contributed by atoms with Crippen LogP contribution in [0.25, 0.3) is 0 Å². The van der Waals surface area contributed by atoms with Crippen LogP contribution in [0.3, 0.4) is 0 Å². The van der Waals surface area contributed by atoms with Gasteiger partial charge in [-0.2, -0.15) is 0 Å². The quantitative estimate of drug-likeness (QED) is 0.636. The van der Waals surface area contributed by atoms with Crippen molar-refractivity contribution in [3.8, 4) is 0 Å². The van der Waals surface area contributed by atoms with Gasteiger partial charge in [0.2, 0.25) is 0 Å². The van der Waals surface area contributed by atoms with Gasteiger partial charge in [-0.3, -0.25) is 0 Å². The molecule has 1 heterocycles. The van der Waals surface area contributed by atoms with E-state index in [1.54, 1.807) is 0 Å². The molecule has 1 aromatic carbocycles. The van der Waals surface area contributed by atoms with E-state index in [1.165, 1.54) is 29.5 Å². The van der Waals surface area contributed by atoms with Crippen molar-refractivity contribution >= 4 is 0 Å². The minimum atomic E-state index is 0.628. The van der Waals surface area contributed by atoms with Crippen LogP contribution >= 0.6 is 0 Å². The number of hydrogen-bond acceptors (Lipinski definition) is 1. The highest BCUT2D eigenvalue weighted by Crippen LogP contribution is 2.16. The second-order valence-corrected chi connectivity index (χ2v) is 4.08. The molecule has 13 heavy (non-hydrogen) atoms. The van der Waals surface area contributed by atoms with Crippen LogP contribution in [0.5, 0.6) is 0 Å². The fourth-order valence-electron chi connectivity index (χ4n) is 2.04. The van der Waals surface area contributed by atoms with E-state index in [-0.39, 0.29) is 0 Å². The predicted molar refractivity (Wildman–Crippen MR) is 56.1 cm³/mol. The Labute approximate surface area is 80.2 Å². The zero-order chi connectivity index (χ0) is 9.26. The van der Waals surface area contributed by atoms with Crippen LogP contribution in [-0.4, -0.2) is 12.6 Å². The predicted octanol–water partition coefficient (Wildman–Crippen LogP) is 2.07. The standard InChI is InChI=1S/C12H17N/c1-9-3-4-11-5-6-13-10(2)8-12(11)7-9/h3-4,7,10,13H,5-6,8H2,1-2H3. The summed E-state index contributed by atoms with van der Waals surface area (Å²) in [5.74, 6) is 0. The summed E-state index contributed by atoms with van der Waals surface area (Å²) < 4.78 is 0. The summed E-state index contributed by atoms with van der Waals surface area (Å²) in [5, 5.41) is 3.51. The van der Waals surface area contributed by atoms with Gasteiger partial charge in [0.15, 0.2) is 0 Å². The summed E-state index contributed by atoms with van der Waals surface area (Å²) in [5.41, 5.74) is 4.45. The van der Waals surface area contributed by atoms with Crippen LogP contribution in [0.15, 0.2) is 18.2 Å². The van der Waals surface area contributed by atoms with Crippen LogP contribution in [0, 0.1) is 6.92 Å². The van der Waals surface area contributed by atoms with Crippen molar-refractivity contribution in [2.75, 3.05) is 6.54 Å². The summed E-state index contributed by atoms with van der Waals surface area (Å²) in [6.07, 6.45) is 2.36. The average molecular weight is 175 g/mol. The number of aryl methyl sites for hydroxylation is 1. The second kappa shape index (κ2) is 3.51. The Bertz CT molecular complexity index is 304. The largest absolute Gasteiger partial charge is 0.314 e. The first kappa shape index (κ1) is 8.76. The van der Waals surface area contributed by atoms with Crippen LogP contribution in [0.4, 0.5) is 0 Å². The van der Waals surface area contributed by atoms with Crippen molar-refractivity contribution < 1.29 is 0 Å². The molecule has 0 spiro atoms. The molecule has 1 aliphatic rings. The topological polar surface area (TPSA) is 12.0 Å². The van der Waals surface area contributed by atoms with Crippen molar-refractivity contribution in [2.45, 2.75) is 32.7 Å². The molecule has 0 saturated heterocycles. The maximum absolute atomic E-state index is 3.51. The molecule has 1 unspecified atom stereocenters. The highest BCUT2D eigenvalue weighted by Gasteiger charge is 2.11. The zero-order valence-corrected chi connectivity index (χ0v) is 8.43. The average Bonchev–Trinajstić information content (AvgIpc) is 2.25. The molecule has 1 aliphatic heterocycles. The highest BCUT2D eigenvalue weighted by molar-refractivity contribution is 5.33. The normalized spacial score (nSPS) is 22.2. The Morgan fingerprint density at radius 1 is 1.31 bits per heavy atom. The molecule has 0 saturated carbocycles. The van der Waals surface area contributed by atoms with E-state index in [1.807, 2.05) is 0 Å². The number of benzene rings is 1. The van der Waals surface area contributed by atoms with E-state index in [9.17, 15) is 0 Å². The zero-order valence-electron chi connectivity index (χ0n) is 8.43. The third-order valence-electron chi connectivity index (χ3n) is 2.78. The third-order valence-corrected chi connectivity index (χ3v) is 2.78. The van der Waals surface area contributed by atoms with Gasteiger partial charge in [-0.25, -0.2) is 0 Å². The van der Waals surface area contributed by atoms with E-state index >= 15 is 0 Å². The SMILES string of the molecule is Cc1ccc2c(c1)CC(C)NCC2. The minimum Gasteiger partial charge on any atom is -0.314 e. The first-order valence-electron chi connectivity index (χ1n) is 5.07. The Kier molecular flexibility index (Phi) is 2.36. The summed E-state index contributed by atoms with van der Waals surface area (Å²) in [7, 11) is 0. The lowest BCUT2D eigenvalue weighted by Gasteiger charge is -2.09. The van der Waals surface area contributed by atoms with E-state index < -0.39 is 0 Å². The molecule has 1 heteroatoms. The molecule has 1 atom stereocenters. The monoisotopic (exact) mass is 175 g/mol. The van der Waals surface area contributed by atoms with Crippen molar-refractivity contribution in [3.05, 3.63) is 34.9 Å². The summed E-state index contributed by atoms with van der Waals surface area (Å²) >= 11 is 0. The molecule has 0 aliphatic carbocycles. The van der Waals surface area contributed by atoms with Gasteiger partial charge in [0.05, 0.1) is 0 Å². The summed E-state index contributed by atoms with van der Waals surface area (Å²) in [6.45, 7) is 5.55. The Morgan fingerprint density at radius 3 is 3.00 bits per heavy atom. The van der Waals surface area contributed by atoms with Crippen molar-refractivity contribution in [2.24, 2.45) is 0 Å². The van der Waals surface area contributed by atoms with Crippen molar-refractivity contribution in [3.63, 3.8) is 0 Å². The van der Waals surface area contributed by atoms with Crippen LogP contribution in [0.2, 0.25) is 0 Å². The fourth-order valence-corrected chi connectivity index (χ4v) is 2.04. The second-order valence-electron chi connectivity index (χ2n) is 4.08. The smallest absolute Gasteiger partial charge is 0.00793 e. The number of rotatable bonds is 0. The first-order valence-corrected chi connectivity index (χ1v) is 5.07. The fraction of sp³-hybridized carbons (Fsp3) is 0.500. The molecule has 0 radical (unpaired) electrons. The van der Waals surface area contributed by atoms with Gasteiger partial charge in [0.25, 0.3) is 0 Å². The molecular weight excluding hydrogens is 158 g/mol. The van der Waals surface area contributed by atoms with Gasteiger partial charge in [-0.1, -0.05) is 23.8 Å². The molecule has 0 aromatic heterocycles. The number of fused-ring (bicyclic) bond motifs is 1. The first-order chi connectivity index (χ1) is 6.25. The van der Waals surface area contributed by atoms with Gasteiger partial charge in [0, 0.05) is 6.04 Å². The molecule has 0 bridgehead atoms. The summed E-state index contributed by atoms with van der Waals surface area (Å²) in [4.78, 5) is 0. The van der Waals surface area contributed by atoms with E-state index in [2.05, 4.69) is 37.4 Å². The molecule has 0 amide bonds. The number of nitrogens with one attached hydrogen (secondary N) is 1. The van der Waals surface area contributed by atoms with E-state index in [0.717, 1.165) is 6.54 Å². The van der Waals surface area contributed by atoms with E-state index in [4.69, 9.17) is 0 Å². The molecule has 1 nitrogen and oxygen atoms in total. The van der Waals surface area contributed by atoms with Gasteiger partial charge in [-0.15, -0.1) is 0 Å². The molecule has 70 valence electrons. The van der Waals surface area contributed by atoms with Gasteiger partial charge in [-0.05, 0) is 44.4 Å². The van der Waals surface area contributed by atoms with Crippen LogP contribution in [-0.2, 0) is 12.8 Å². The van der Waals surface area contributed by atoms with E-state index in [0.29, 0.717) is 6.04 Å². The number of hydrogen-bond donors (Lipinski definition) is 1. The van der Waals surface area contributed by atoms with Crippen molar-refractivity contribution in [1.82, 2.24) is 5.32 Å². The maximum Gasteiger partial charge on any atom is 0.00793 e. The molecule has 0 fully saturated rings. The Morgan fingerprint density at radius 2 is 2.15 bits per heavy atom. The van der Waals surface area contributed by atoms with Crippen LogP contribution in [0.1, 0.15) is 23.6 Å². The molecule has 2 rings (SSSR count). The minimum absolute atomic E-state index is 0.628. The lowest BCUT2D eigenvalue weighted by Crippen LogP contribution is -2.27. The lowest BCUT2D eigenvalue weighted by atomic mass is 9.99. The molecule has 1 aromatic rings. The Balaban J connectivity index is 2.35. The Hall–Kier alpha value is -0.820. The van der Waals surface area contributed by atoms with Gasteiger partial charge >= 0.3 is 0 Å².